The maximum atomic E-state index is 12.5. The Balaban J connectivity index is 2.29. The molecule has 108 valence electrons. The van der Waals surface area contributed by atoms with Crippen LogP contribution in [0.5, 0.6) is 0 Å². The zero-order chi connectivity index (χ0) is 15.5. The topological polar surface area (TPSA) is 61.2 Å². The Morgan fingerprint density at radius 1 is 1.19 bits per heavy atom. The molecular weight excluding hydrogens is 308 g/mol. The number of benzene rings is 2. The molecular formula is C15H13ClN2O2S. The summed E-state index contributed by atoms with van der Waals surface area (Å²) in [5.74, 6) is 0. The average Bonchev–Trinajstić information content (AvgIpc) is 2.47. The Hall–Kier alpha value is -1.87. The van der Waals surface area contributed by atoms with Crippen molar-refractivity contribution in [3.63, 3.8) is 0 Å². The van der Waals surface area contributed by atoms with Crippen LogP contribution in [0.2, 0.25) is 5.02 Å². The van der Waals surface area contributed by atoms with E-state index < -0.39 is 10.0 Å². The highest BCUT2D eigenvalue weighted by molar-refractivity contribution is 7.89. The van der Waals surface area contributed by atoms with Crippen molar-refractivity contribution >= 4 is 21.6 Å². The van der Waals surface area contributed by atoms with Crippen LogP contribution < -0.4 is 0 Å². The van der Waals surface area contributed by atoms with Crippen LogP contribution in [0.25, 0.3) is 0 Å². The van der Waals surface area contributed by atoms with E-state index in [1.807, 2.05) is 6.07 Å². The molecule has 2 aromatic rings. The number of sulfonamides is 1. The maximum Gasteiger partial charge on any atom is 0.244 e. The smallest absolute Gasteiger partial charge is 0.207 e. The van der Waals surface area contributed by atoms with Crippen molar-refractivity contribution in [1.82, 2.24) is 4.31 Å². The zero-order valence-electron chi connectivity index (χ0n) is 11.3. The summed E-state index contributed by atoms with van der Waals surface area (Å²) in [7, 11) is -2.19. The van der Waals surface area contributed by atoms with Crippen LogP contribution in [0.15, 0.2) is 53.4 Å². The third kappa shape index (κ3) is 3.42. The van der Waals surface area contributed by atoms with Crippen molar-refractivity contribution < 1.29 is 8.42 Å². The van der Waals surface area contributed by atoms with Gasteiger partial charge in [0.1, 0.15) is 4.90 Å². The van der Waals surface area contributed by atoms with Crippen LogP contribution in [-0.2, 0) is 16.6 Å². The summed E-state index contributed by atoms with van der Waals surface area (Å²) >= 11 is 5.95. The molecule has 0 heterocycles. The molecule has 0 fully saturated rings. The highest BCUT2D eigenvalue weighted by Crippen LogP contribution is 2.24. The van der Waals surface area contributed by atoms with Gasteiger partial charge in [-0.15, -0.1) is 0 Å². The highest BCUT2D eigenvalue weighted by atomic mass is 35.5. The zero-order valence-corrected chi connectivity index (χ0v) is 12.9. The van der Waals surface area contributed by atoms with Gasteiger partial charge in [0.25, 0.3) is 0 Å². The van der Waals surface area contributed by atoms with E-state index in [0.29, 0.717) is 5.56 Å². The van der Waals surface area contributed by atoms with Gasteiger partial charge in [0, 0.05) is 13.6 Å². The summed E-state index contributed by atoms with van der Waals surface area (Å²) in [6, 6.07) is 15.2. The van der Waals surface area contributed by atoms with Gasteiger partial charge < -0.3 is 0 Å². The van der Waals surface area contributed by atoms with Crippen LogP contribution in [0.4, 0.5) is 0 Å². The highest BCUT2D eigenvalue weighted by Gasteiger charge is 2.23. The molecule has 0 saturated heterocycles. The molecule has 0 aromatic heterocycles. The summed E-state index contributed by atoms with van der Waals surface area (Å²) in [4.78, 5) is 0.0746. The Bertz CT molecular complexity index is 797. The molecule has 2 rings (SSSR count). The molecule has 0 unspecified atom stereocenters. The minimum Gasteiger partial charge on any atom is -0.207 e. The molecule has 0 N–H and O–H groups in total. The van der Waals surface area contributed by atoms with Crippen LogP contribution in [-0.4, -0.2) is 19.8 Å². The van der Waals surface area contributed by atoms with Gasteiger partial charge in [0.15, 0.2) is 0 Å². The van der Waals surface area contributed by atoms with Gasteiger partial charge in [-0.05, 0) is 29.8 Å². The summed E-state index contributed by atoms with van der Waals surface area (Å²) in [5, 5.41) is 9.06. The fourth-order valence-electron chi connectivity index (χ4n) is 1.90. The van der Waals surface area contributed by atoms with Gasteiger partial charge in [0.05, 0.1) is 16.7 Å². The van der Waals surface area contributed by atoms with Crippen molar-refractivity contribution in [3.05, 3.63) is 64.7 Å². The molecule has 0 bridgehead atoms. The second-order valence-corrected chi connectivity index (χ2v) is 6.92. The van der Waals surface area contributed by atoms with Crippen molar-refractivity contribution in [1.29, 1.82) is 5.26 Å². The molecule has 0 atom stereocenters. The number of hydrogen-bond acceptors (Lipinski definition) is 3. The summed E-state index contributed by atoms with van der Waals surface area (Å²) in [6.45, 7) is 0.170. The second kappa shape index (κ2) is 6.27. The molecule has 0 aliphatic rings. The third-order valence-corrected chi connectivity index (χ3v) is 5.29. The van der Waals surface area contributed by atoms with Gasteiger partial charge in [-0.2, -0.15) is 9.57 Å². The molecule has 4 nitrogen and oxygen atoms in total. The van der Waals surface area contributed by atoms with Crippen LogP contribution in [0, 0.1) is 11.3 Å². The van der Waals surface area contributed by atoms with E-state index in [1.54, 1.807) is 42.5 Å². The first-order chi connectivity index (χ1) is 9.95. The van der Waals surface area contributed by atoms with E-state index in [2.05, 4.69) is 0 Å². The van der Waals surface area contributed by atoms with Crippen molar-refractivity contribution in [3.8, 4) is 6.07 Å². The van der Waals surface area contributed by atoms with Gasteiger partial charge in [0.2, 0.25) is 10.0 Å². The van der Waals surface area contributed by atoms with E-state index in [-0.39, 0.29) is 16.5 Å². The van der Waals surface area contributed by atoms with E-state index in [0.717, 1.165) is 5.56 Å². The third-order valence-electron chi connectivity index (χ3n) is 2.99. The van der Waals surface area contributed by atoms with Crippen LogP contribution in [0.1, 0.15) is 11.1 Å². The van der Waals surface area contributed by atoms with Crippen LogP contribution in [0.3, 0.4) is 0 Å². The van der Waals surface area contributed by atoms with Crippen molar-refractivity contribution in [2.75, 3.05) is 7.05 Å². The quantitative estimate of drug-likeness (QED) is 0.870. The monoisotopic (exact) mass is 320 g/mol. The normalized spacial score (nSPS) is 11.3. The molecule has 0 spiro atoms. The number of halogens is 1. The molecule has 0 aliphatic carbocycles. The minimum absolute atomic E-state index is 0.0746. The number of nitriles is 1. The lowest BCUT2D eigenvalue weighted by molar-refractivity contribution is 0.467. The lowest BCUT2D eigenvalue weighted by atomic mass is 10.1. The van der Waals surface area contributed by atoms with Gasteiger partial charge in [-0.3, -0.25) is 0 Å². The minimum atomic E-state index is -3.67. The molecule has 0 amide bonds. The van der Waals surface area contributed by atoms with Gasteiger partial charge in [-0.1, -0.05) is 35.9 Å². The van der Waals surface area contributed by atoms with Crippen molar-refractivity contribution in [2.24, 2.45) is 0 Å². The molecule has 6 heteroatoms. The molecule has 0 aliphatic heterocycles. The summed E-state index contributed by atoms with van der Waals surface area (Å²) in [5.41, 5.74) is 1.24. The lowest BCUT2D eigenvalue weighted by Gasteiger charge is -2.18. The Labute approximate surface area is 129 Å². The predicted molar refractivity (Wildman–Crippen MR) is 81.3 cm³/mol. The summed E-state index contributed by atoms with van der Waals surface area (Å²) < 4.78 is 26.2. The fraction of sp³-hybridized carbons (Fsp3) is 0.133. The van der Waals surface area contributed by atoms with Crippen LogP contribution >= 0.6 is 11.6 Å². The standard InChI is InChI=1S/C15H13ClN2O2S/c1-18(11-13-6-4-5-12(9-13)10-17)21(19,20)15-8-3-2-7-14(15)16/h2-9H,11H2,1H3. The lowest BCUT2D eigenvalue weighted by Crippen LogP contribution is -2.26. The maximum absolute atomic E-state index is 12.5. The predicted octanol–water partition coefficient (Wildman–Crippen LogP) is 3.03. The number of nitrogens with zero attached hydrogens (tertiary/aromatic N) is 2. The van der Waals surface area contributed by atoms with Gasteiger partial charge in [-0.25, -0.2) is 8.42 Å². The first-order valence-corrected chi connectivity index (χ1v) is 7.97. The Morgan fingerprint density at radius 3 is 2.57 bits per heavy atom. The molecule has 0 radical (unpaired) electrons. The SMILES string of the molecule is CN(Cc1cccc(C#N)c1)S(=O)(=O)c1ccccc1Cl. The number of rotatable bonds is 4. The van der Waals surface area contributed by atoms with Gasteiger partial charge >= 0.3 is 0 Å². The summed E-state index contributed by atoms with van der Waals surface area (Å²) in [6.07, 6.45) is 0. The average molecular weight is 321 g/mol. The molecule has 0 saturated carbocycles. The Morgan fingerprint density at radius 2 is 1.90 bits per heavy atom. The van der Waals surface area contributed by atoms with E-state index in [9.17, 15) is 8.42 Å². The van der Waals surface area contributed by atoms with Crippen molar-refractivity contribution in [2.45, 2.75) is 11.4 Å². The fourth-order valence-corrected chi connectivity index (χ4v) is 3.55. The largest absolute Gasteiger partial charge is 0.244 e. The first-order valence-electron chi connectivity index (χ1n) is 6.15. The second-order valence-electron chi connectivity index (χ2n) is 4.50. The van der Waals surface area contributed by atoms with E-state index in [4.69, 9.17) is 16.9 Å². The van der Waals surface area contributed by atoms with E-state index in [1.165, 1.54) is 17.4 Å². The first kappa shape index (κ1) is 15.5. The van der Waals surface area contributed by atoms with E-state index >= 15 is 0 Å². The molecule has 2 aromatic carbocycles. The molecule has 21 heavy (non-hydrogen) atoms. The Kier molecular flexibility index (Phi) is 4.63. The number of hydrogen-bond donors (Lipinski definition) is 0.